The van der Waals surface area contributed by atoms with Crippen LogP contribution in [0.1, 0.15) is 10.4 Å². The fourth-order valence-corrected chi connectivity index (χ4v) is 1.77. The number of carbonyl (C=O) groups is 1. The number of nitrogens with zero attached hydrogens (tertiary/aromatic N) is 1. The third-order valence-corrected chi connectivity index (χ3v) is 2.58. The van der Waals surface area contributed by atoms with Crippen molar-refractivity contribution < 1.29 is 9.53 Å². The average molecular weight is 248 g/mol. The Morgan fingerprint density at radius 1 is 1.29 bits per heavy atom. The maximum atomic E-state index is 11.6. The van der Waals surface area contributed by atoms with E-state index in [-0.39, 0.29) is 5.97 Å². The van der Waals surface area contributed by atoms with Gasteiger partial charge in [0.1, 0.15) is 5.15 Å². The van der Waals surface area contributed by atoms with E-state index < -0.39 is 0 Å². The Morgan fingerprint density at radius 2 is 2.06 bits per heavy atom. The highest BCUT2D eigenvalue weighted by Crippen LogP contribution is 2.25. The molecule has 0 bridgehead atoms. The fourth-order valence-electron chi connectivity index (χ4n) is 1.59. The Hall–Kier alpha value is -1.87. The van der Waals surface area contributed by atoms with Crippen LogP contribution in [0.15, 0.2) is 42.6 Å². The number of esters is 1. The Balaban J connectivity index is 2.55. The lowest BCUT2D eigenvalue weighted by molar-refractivity contribution is 0.0601. The van der Waals surface area contributed by atoms with Gasteiger partial charge in [0.25, 0.3) is 0 Å². The minimum atomic E-state index is -0.367. The zero-order valence-electron chi connectivity index (χ0n) is 9.18. The molecule has 2 rings (SSSR count). The smallest absolute Gasteiger partial charge is 0.338 e. The molecule has 2 aromatic rings. The monoisotopic (exact) mass is 247 g/mol. The Labute approximate surface area is 104 Å². The van der Waals surface area contributed by atoms with Gasteiger partial charge in [0, 0.05) is 6.20 Å². The molecule has 0 saturated carbocycles. The number of hydrogen-bond acceptors (Lipinski definition) is 3. The number of rotatable bonds is 2. The fraction of sp³-hybridized carbons (Fsp3) is 0.0769. The molecule has 3 nitrogen and oxygen atoms in total. The molecule has 17 heavy (non-hydrogen) atoms. The number of benzene rings is 1. The van der Waals surface area contributed by atoms with Crippen LogP contribution in [0.25, 0.3) is 11.1 Å². The maximum Gasteiger partial charge on any atom is 0.338 e. The van der Waals surface area contributed by atoms with Gasteiger partial charge in [0.15, 0.2) is 0 Å². The molecular formula is C13H10ClNO2. The van der Waals surface area contributed by atoms with Crippen molar-refractivity contribution in [3.63, 3.8) is 0 Å². The van der Waals surface area contributed by atoms with Gasteiger partial charge < -0.3 is 4.74 Å². The second kappa shape index (κ2) is 4.97. The molecule has 0 unspecified atom stereocenters. The van der Waals surface area contributed by atoms with Crippen molar-refractivity contribution in [3.8, 4) is 11.1 Å². The quantitative estimate of drug-likeness (QED) is 0.604. The van der Waals surface area contributed by atoms with Gasteiger partial charge >= 0.3 is 5.97 Å². The van der Waals surface area contributed by atoms with E-state index in [1.165, 1.54) is 7.11 Å². The van der Waals surface area contributed by atoms with Crippen LogP contribution in [-0.4, -0.2) is 18.1 Å². The van der Waals surface area contributed by atoms with Gasteiger partial charge in [-0.05, 0) is 29.3 Å². The van der Waals surface area contributed by atoms with E-state index in [9.17, 15) is 4.79 Å². The van der Waals surface area contributed by atoms with Gasteiger partial charge in [0.2, 0.25) is 0 Å². The van der Waals surface area contributed by atoms with Crippen LogP contribution in [0.4, 0.5) is 0 Å². The van der Waals surface area contributed by atoms with Crippen molar-refractivity contribution in [2.45, 2.75) is 0 Å². The average Bonchev–Trinajstić information content (AvgIpc) is 2.38. The number of halogens is 1. The van der Waals surface area contributed by atoms with E-state index >= 15 is 0 Å². The first kappa shape index (κ1) is 11.6. The third kappa shape index (κ3) is 2.45. The molecule has 0 aliphatic rings. The third-order valence-electron chi connectivity index (χ3n) is 2.37. The molecule has 0 fully saturated rings. The number of methoxy groups -OCH3 is 1. The standard InChI is InChI=1S/C13H10ClNO2/c1-17-13(16)11-5-3-2-4-10(11)9-6-7-15-12(14)8-9/h2-8H,1H3. The highest BCUT2D eigenvalue weighted by Gasteiger charge is 2.12. The highest BCUT2D eigenvalue weighted by atomic mass is 35.5. The summed E-state index contributed by atoms with van der Waals surface area (Å²) < 4.78 is 4.74. The Kier molecular flexibility index (Phi) is 3.40. The number of pyridine rings is 1. The summed E-state index contributed by atoms with van der Waals surface area (Å²) in [5.74, 6) is -0.367. The van der Waals surface area contributed by atoms with Crippen LogP contribution in [-0.2, 0) is 4.74 Å². The van der Waals surface area contributed by atoms with E-state index in [1.54, 1.807) is 30.5 Å². The first-order valence-corrected chi connectivity index (χ1v) is 5.39. The van der Waals surface area contributed by atoms with Crippen LogP contribution in [0.2, 0.25) is 5.15 Å². The summed E-state index contributed by atoms with van der Waals surface area (Å²) in [6.45, 7) is 0. The second-order valence-electron chi connectivity index (χ2n) is 3.40. The molecule has 1 aromatic carbocycles. The van der Waals surface area contributed by atoms with E-state index in [0.29, 0.717) is 10.7 Å². The van der Waals surface area contributed by atoms with Gasteiger partial charge in [-0.3, -0.25) is 0 Å². The lowest BCUT2D eigenvalue weighted by Gasteiger charge is -2.07. The van der Waals surface area contributed by atoms with E-state index in [1.807, 2.05) is 12.1 Å². The van der Waals surface area contributed by atoms with Crippen molar-refractivity contribution in [2.24, 2.45) is 0 Å². The molecule has 0 radical (unpaired) electrons. The van der Waals surface area contributed by atoms with Crippen LogP contribution in [0.5, 0.6) is 0 Å². The maximum absolute atomic E-state index is 11.6. The molecule has 0 N–H and O–H groups in total. The highest BCUT2D eigenvalue weighted by molar-refractivity contribution is 6.29. The van der Waals surface area contributed by atoms with E-state index in [0.717, 1.165) is 11.1 Å². The summed E-state index contributed by atoms with van der Waals surface area (Å²) >= 11 is 5.83. The molecule has 0 saturated heterocycles. The van der Waals surface area contributed by atoms with Gasteiger partial charge in [0.05, 0.1) is 12.7 Å². The number of aromatic nitrogens is 1. The summed E-state index contributed by atoms with van der Waals surface area (Å²) in [7, 11) is 1.36. The minimum absolute atomic E-state index is 0.367. The summed E-state index contributed by atoms with van der Waals surface area (Å²) in [6.07, 6.45) is 1.60. The number of ether oxygens (including phenoxy) is 1. The van der Waals surface area contributed by atoms with Gasteiger partial charge in [-0.25, -0.2) is 9.78 Å². The van der Waals surface area contributed by atoms with Crippen LogP contribution in [0, 0.1) is 0 Å². The molecule has 86 valence electrons. The topological polar surface area (TPSA) is 39.2 Å². The molecule has 0 aliphatic heterocycles. The SMILES string of the molecule is COC(=O)c1ccccc1-c1ccnc(Cl)c1. The summed E-state index contributed by atoms with van der Waals surface area (Å²) in [5.41, 5.74) is 2.13. The molecule has 1 heterocycles. The van der Waals surface area contributed by atoms with Gasteiger partial charge in [-0.2, -0.15) is 0 Å². The zero-order chi connectivity index (χ0) is 12.3. The van der Waals surface area contributed by atoms with Crippen molar-refractivity contribution in [1.82, 2.24) is 4.98 Å². The minimum Gasteiger partial charge on any atom is -0.465 e. The number of hydrogen-bond donors (Lipinski definition) is 0. The van der Waals surface area contributed by atoms with Gasteiger partial charge in [-0.1, -0.05) is 29.8 Å². The molecule has 0 aliphatic carbocycles. The van der Waals surface area contributed by atoms with Crippen molar-refractivity contribution in [2.75, 3.05) is 7.11 Å². The first-order chi connectivity index (χ1) is 8.22. The summed E-state index contributed by atoms with van der Waals surface area (Å²) in [5, 5.41) is 0.391. The Morgan fingerprint density at radius 3 is 2.76 bits per heavy atom. The largest absolute Gasteiger partial charge is 0.465 e. The Bertz CT molecular complexity index is 555. The normalized spacial score (nSPS) is 10.0. The summed E-state index contributed by atoms with van der Waals surface area (Å²) in [6, 6.07) is 10.7. The van der Waals surface area contributed by atoms with Crippen LogP contribution in [0.3, 0.4) is 0 Å². The lowest BCUT2D eigenvalue weighted by Crippen LogP contribution is -2.03. The molecule has 1 aromatic heterocycles. The van der Waals surface area contributed by atoms with Crippen molar-refractivity contribution >= 4 is 17.6 Å². The molecular weight excluding hydrogens is 238 g/mol. The van der Waals surface area contributed by atoms with Crippen LogP contribution >= 0.6 is 11.6 Å². The van der Waals surface area contributed by atoms with E-state index in [2.05, 4.69) is 4.98 Å². The molecule has 0 amide bonds. The second-order valence-corrected chi connectivity index (χ2v) is 3.79. The predicted molar refractivity (Wildman–Crippen MR) is 66.0 cm³/mol. The van der Waals surface area contributed by atoms with E-state index in [4.69, 9.17) is 16.3 Å². The summed E-state index contributed by atoms with van der Waals surface area (Å²) in [4.78, 5) is 15.5. The predicted octanol–water partition coefficient (Wildman–Crippen LogP) is 3.19. The first-order valence-electron chi connectivity index (χ1n) is 5.01. The molecule has 4 heteroatoms. The number of carbonyl (C=O) groups excluding carboxylic acids is 1. The lowest BCUT2D eigenvalue weighted by atomic mass is 10.0. The van der Waals surface area contributed by atoms with Crippen molar-refractivity contribution in [3.05, 3.63) is 53.3 Å². The van der Waals surface area contributed by atoms with Crippen LogP contribution < -0.4 is 0 Å². The zero-order valence-corrected chi connectivity index (χ0v) is 9.94. The molecule has 0 spiro atoms. The van der Waals surface area contributed by atoms with Crippen molar-refractivity contribution in [1.29, 1.82) is 0 Å². The molecule has 0 atom stereocenters. The van der Waals surface area contributed by atoms with Gasteiger partial charge in [-0.15, -0.1) is 0 Å².